The highest BCUT2D eigenvalue weighted by Gasteiger charge is 2.15. The zero-order valence-electron chi connectivity index (χ0n) is 17.4. The van der Waals surface area contributed by atoms with E-state index < -0.39 is 11.7 Å². The Morgan fingerprint density at radius 3 is 2.32 bits per heavy atom. The minimum atomic E-state index is -0.482. The van der Waals surface area contributed by atoms with E-state index in [0.29, 0.717) is 18.8 Å². The van der Waals surface area contributed by atoms with Crippen molar-refractivity contribution in [2.75, 3.05) is 26.2 Å². The number of rotatable bonds is 9. The number of aliphatic imine (C=N–C) groups is 1. The van der Waals surface area contributed by atoms with Gasteiger partial charge < -0.3 is 25.8 Å². The van der Waals surface area contributed by atoms with Crippen molar-refractivity contribution in [1.29, 1.82) is 0 Å². The predicted molar refractivity (Wildman–Crippen MR) is 125 cm³/mol. The number of guanidine groups is 1. The SMILES string of the molecule is CCNC(=NCCCNC(=O)OC(C)(C)C)NCCCc1ccc(O)cc1.I. The second-order valence-corrected chi connectivity index (χ2v) is 7.24. The van der Waals surface area contributed by atoms with E-state index in [4.69, 9.17) is 4.74 Å². The summed E-state index contributed by atoms with van der Waals surface area (Å²) in [4.78, 5) is 16.1. The number of alkyl carbamates (subject to hydrolysis) is 1. The molecular weight excluding hydrogens is 471 g/mol. The lowest BCUT2D eigenvalue weighted by Crippen LogP contribution is -2.38. The van der Waals surface area contributed by atoms with E-state index in [1.54, 1.807) is 12.1 Å². The second-order valence-electron chi connectivity index (χ2n) is 7.24. The van der Waals surface area contributed by atoms with Gasteiger partial charge >= 0.3 is 6.09 Å². The molecule has 1 aromatic rings. The topological polar surface area (TPSA) is 95.0 Å². The molecule has 0 saturated carbocycles. The van der Waals surface area contributed by atoms with Gasteiger partial charge in [-0.3, -0.25) is 4.99 Å². The minimum Gasteiger partial charge on any atom is -0.508 e. The molecule has 0 fully saturated rings. The van der Waals surface area contributed by atoms with Crippen LogP contribution in [0.5, 0.6) is 5.75 Å². The number of carbonyl (C=O) groups excluding carboxylic acids is 1. The van der Waals surface area contributed by atoms with Crippen molar-refractivity contribution in [3.8, 4) is 5.75 Å². The van der Waals surface area contributed by atoms with E-state index in [2.05, 4.69) is 20.9 Å². The lowest BCUT2D eigenvalue weighted by molar-refractivity contribution is 0.0527. The van der Waals surface area contributed by atoms with E-state index in [1.165, 1.54) is 5.56 Å². The van der Waals surface area contributed by atoms with Gasteiger partial charge in [-0.2, -0.15) is 0 Å². The fraction of sp³-hybridized carbons (Fsp3) is 0.600. The summed E-state index contributed by atoms with van der Waals surface area (Å²) in [5, 5.41) is 18.5. The normalized spacial score (nSPS) is 11.4. The third-order valence-electron chi connectivity index (χ3n) is 3.49. The van der Waals surface area contributed by atoms with E-state index in [0.717, 1.165) is 38.3 Å². The van der Waals surface area contributed by atoms with Crippen molar-refractivity contribution in [2.24, 2.45) is 4.99 Å². The van der Waals surface area contributed by atoms with Crippen LogP contribution in [0, 0.1) is 0 Å². The molecule has 0 bridgehead atoms. The van der Waals surface area contributed by atoms with Crippen LogP contribution in [0.15, 0.2) is 29.3 Å². The molecule has 8 heteroatoms. The summed E-state index contributed by atoms with van der Waals surface area (Å²) in [6.07, 6.45) is 2.25. The number of carbonyl (C=O) groups is 1. The number of hydrogen-bond acceptors (Lipinski definition) is 4. The van der Waals surface area contributed by atoms with Gasteiger partial charge in [0.1, 0.15) is 11.4 Å². The summed E-state index contributed by atoms with van der Waals surface area (Å²) in [7, 11) is 0. The first-order valence-electron chi connectivity index (χ1n) is 9.57. The van der Waals surface area contributed by atoms with Crippen molar-refractivity contribution in [1.82, 2.24) is 16.0 Å². The Bertz CT molecular complexity index is 586. The van der Waals surface area contributed by atoms with Gasteiger partial charge in [0.15, 0.2) is 5.96 Å². The quantitative estimate of drug-likeness (QED) is 0.178. The maximum absolute atomic E-state index is 11.6. The van der Waals surface area contributed by atoms with Gasteiger partial charge in [-0.05, 0) is 64.7 Å². The molecule has 1 rings (SSSR count). The maximum Gasteiger partial charge on any atom is 0.407 e. The summed E-state index contributed by atoms with van der Waals surface area (Å²) in [5.74, 6) is 1.07. The monoisotopic (exact) mass is 506 g/mol. The lowest BCUT2D eigenvalue weighted by atomic mass is 10.1. The highest BCUT2D eigenvalue weighted by Crippen LogP contribution is 2.10. The summed E-state index contributed by atoms with van der Waals surface area (Å²) in [6.45, 7) is 10.3. The molecule has 0 radical (unpaired) electrons. The summed E-state index contributed by atoms with van der Waals surface area (Å²) in [5.41, 5.74) is 0.717. The van der Waals surface area contributed by atoms with Crippen LogP contribution in [-0.2, 0) is 11.2 Å². The van der Waals surface area contributed by atoms with Gasteiger partial charge in [0.25, 0.3) is 0 Å². The molecular formula is C20H35IN4O3. The maximum atomic E-state index is 11.6. The number of amides is 1. The molecule has 0 unspecified atom stereocenters. The molecule has 7 nitrogen and oxygen atoms in total. The van der Waals surface area contributed by atoms with Crippen LogP contribution in [0.25, 0.3) is 0 Å². The Kier molecular flexibility index (Phi) is 13.4. The van der Waals surface area contributed by atoms with E-state index >= 15 is 0 Å². The van der Waals surface area contributed by atoms with Crippen molar-refractivity contribution < 1.29 is 14.6 Å². The zero-order chi connectivity index (χ0) is 20.1. The first-order valence-corrected chi connectivity index (χ1v) is 9.57. The Morgan fingerprint density at radius 1 is 1.07 bits per heavy atom. The van der Waals surface area contributed by atoms with Gasteiger partial charge in [0.05, 0.1) is 0 Å². The highest BCUT2D eigenvalue weighted by atomic mass is 127. The Hall–Kier alpha value is -1.71. The summed E-state index contributed by atoms with van der Waals surface area (Å²) >= 11 is 0. The second kappa shape index (κ2) is 14.3. The smallest absolute Gasteiger partial charge is 0.407 e. The summed E-state index contributed by atoms with van der Waals surface area (Å²) < 4.78 is 5.19. The van der Waals surface area contributed by atoms with Crippen molar-refractivity contribution in [2.45, 2.75) is 52.6 Å². The van der Waals surface area contributed by atoms with Crippen molar-refractivity contribution in [3.63, 3.8) is 0 Å². The van der Waals surface area contributed by atoms with Crippen LogP contribution in [0.1, 0.15) is 46.1 Å². The number of nitrogens with one attached hydrogen (secondary N) is 3. The van der Waals surface area contributed by atoms with Gasteiger partial charge in [-0.1, -0.05) is 12.1 Å². The number of hydrogen-bond donors (Lipinski definition) is 4. The minimum absolute atomic E-state index is 0. The van der Waals surface area contributed by atoms with Crippen LogP contribution in [0.4, 0.5) is 4.79 Å². The van der Waals surface area contributed by atoms with Gasteiger partial charge in [-0.15, -0.1) is 24.0 Å². The molecule has 0 aliphatic heterocycles. The number of benzene rings is 1. The Labute approximate surface area is 185 Å². The molecule has 1 amide bonds. The molecule has 0 aromatic heterocycles. The molecule has 160 valence electrons. The number of aromatic hydroxyl groups is 1. The van der Waals surface area contributed by atoms with Gasteiger partial charge in [0, 0.05) is 26.2 Å². The molecule has 0 saturated heterocycles. The van der Waals surface area contributed by atoms with Crippen LogP contribution in [0.3, 0.4) is 0 Å². The average molecular weight is 506 g/mol. The van der Waals surface area contributed by atoms with Crippen molar-refractivity contribution in [3.05, 3.63) is 29.8 Å². The highest BCUT2D eigenvalue weighted by molar-refractivity contribution is 14.0. The number of phenolic OH excluding ortho intramolecular Hbond substituents is 1. The standard InChI is InChI=1S/C20H34N4O3.HI/c1-5-21-18(22-13-6-8-16-9-11-17(25)12-10-16)23-14-7-15-24-19(26)27-20(2,3)4;/h9-12,25H,5-8,13-15H2,1-4H3,(H,24,26)(H2,21,22,23);1H. The number of ether oxygens (including phenoxy) is 1. The van der Waals surface area contributed by atoms with Crippen LogP contribution < -0.4 is 16.0 Å². The van der Waals surface area contributed by atoms with Crippen LogP contribution >= 0.6 is 24.0 Å². The van der Waals surface area contributed by atoms with E-state index in [9.17, 15) is 9.90 Å². The number of aryl methyl sites for hydroxylation is 1. The first kappa shape index (κ1) is 26.3. The van der Waals surface area contributed by atoms with Gasteiger partial charge in [0.2, 0.25) is 0 Å². The first-order chi connectivity index (χ1) is 12.8. The van der Waals surface area contributed by atoms with Crippen LogP contribution in [-0.4, -0.2) is 48.9 Å². The third-order valence-corrected chi connectivity index (χ3v) is 3.49. The molecule has 28 heavy (non-hydrogen) atoms. The molecule has 0 aliphatic rings. The molecule has 4 N–H and O–H groups in total. The lowest BCUT2D eigenvalue weighted by Gasteiger charge is -2.19. The Morgan fingerprint density at radius 2 is 1.71 bits per heavy atom. The Balaban J connectivity index is 0.00000729. The van der Waals surface area contributed by atoms with E-state index in [-0.39, 0.29) is 24.0 Å². The fourth-order valence-electron chi connectivity index (χ4n) is 2.28. The molecule has 0 heterocycles. The molecule has 1 aromatic carbocycles. The number of nitrogens with zero attached hydrogens (tertiary/aromatic N) is 1. The zero-order valence-corrected chi connectivity index (χ0v) is 19.7. The number of phenols is 1. The van der Waals surface area contributed by atoms with Gasteiger partial charge in [-0.25, -0.2) is 4.79 Å². The predicted octanol–water partition coefficient (Wildman–Crippen LogP) is 3.41. The average Bonchev–Trinajstić information content (AvgIpc) is 2.58. The van der Waals surface area contributed by atoms with E-state index in [1.807, 2.05) is 39.8 Å². The molecule has 0 spiro atoms. The number of halogens is 1. The van der Waals surface area contributed by atoms with Crippen molar-refractivity contribution >= 4 is 36.0 Å². The third kappa shape index (κ3) is 13.5. The van der Waals surface area contributed by atoms with Crippen LogP contribution in [0.2, 0.25) is 0 Å². The molecule has 0 atom stereocenters. The summed E-state index contributed by atoms with van der Waals surface area (Å²) in [6, 6.07) is 7.29. The largest absolute Gasteiger partial charge is 0.508 e. The molecule has 0 aliphatic carbocycles. The fourth-order valence-corrected chi connectivity index (χ4v) is 2.28.